The van der Waals surface area contributed by atoms with Gasteiger partial charge in [-0.3, -0.25) is 5.43 Å². The largest absolute Gasteiger partial charge is 0.503 e. The van der Waals surface area contributed by atoms with Gasteiger partial charge in [0.1, 0.15) is 11.6 Å². The SMILES string of the molecule is COCc1cc(C)nc(N/N=C\c2cc(Br)c(O)c(OC)c2)c1C#N. The van der Waals surface area contributed by atoms with E-state index in [0.717, 1.165) is 11.3 Å². The number of nitrogens with one attached hydrogen (secondary N) is 1. The molecule has 0 radical (unpaired) electrons. The number of nitrogens with zero attached hydrogens (tertiary/aromatic N) is 3. The van der Waals surface area contributed by atoms with Gasteiger partial charge in [0.15, 0.2) is 17.3 Å². The number of ether oxygens (including phenoxy) is 2. The third kappa shape index (κ3) is 4.47. The molecule has 0 unspecified atom stereocenters. The highest BCUT2D eigenvalue weighted by atomic mass is 79.9. The molecule has 0 fully saturated rings. The number of phenols is 1. The average Bonchev–Trinajstić information content (AvgIpc) is 2.58. The summed E-state index contributed by atoms with van der Waals surface area (Å²) < 4.78 is 10.7. The first-order chi connectivity index (χ1) is 12.0. The molecule has 0 spiro atoms. The number of aromatic nitrogens is 1. The minimum absolute atomic E-state index is 0.0175. The van der Waals surface area contributed by atoms with Crippen molar-refractivity contribution < 1.29 is 14.6 Å². The lowest BCUT2D eigenvalue weighted by atomic mass is 10.1. The topological polar surface area (TPSA) is 99.8 Å². The lowest BCUT2D eigenvalue weighted by Gasteiger charge is -2.09. The molecule has 2 N–H and O–H groups in total. The van der Waals surface area contributed by atoms with Gasteiger partial charge in [-0.2, -0.15) is 10.4 Å². The van der Waals surface area contributed by atoms with Gasteiger partial charge in [0.2, 0.25) is 0 Å². The number of phenolic OH excluding ortho intramolecular Hbond substituents is 1. The van der Waals surface area contributed by atoms with Crippen LogP contribution in [-0.4, -0.2) is 30.5 Å². The molecule has 25 heavy (non-hydrogen) atoms. The number of hydrogen-bond donors (Lipinski definition) is 2. The molecule has 0 saturated heterocycles. The number of anilines is 1. The molecule has 8 heteroatoms. The zero-order valence-electron chi connectivity index (χ0n) is 14.0. The third-order valence-corrected chi connectivity index (χ3v) is 3.90. The number of hydrogen-bond acceptors (Lipinski definition) is 7. The van der Waals surface area contributed by atoms with E-state index in [1.807, 2.05) is 6.92 Å². The molecule has 1 aromatic heterocycles. The minimum Gasteiger partial charge on any atom is -0.503 e. The molecule has 2 aromatic rings. The summed E-state index contributed by atoms with van der Waals surface area (Å²) >= 11 is 3.25. The van der Waals surface area contributed by atoms with Crippen LogP contribution in [0.5, 0.6) is 11.5 Å². The number of aromatic hydroxyl groups is 1. The fraction of sp³-hybridized carbons (Fsp3) is 0.235. The first-order valence-corrected chi connectivity index (χ1v) is 8.04. The Morgan fingerprint density at radius 1 is 1.40 bits per heavy atom. The van der Waals surface area contributed by atoms with Crippen LogP contribution >= 0.6 is 15.9 Å². The Labute approximate surface area is 154 Å². The standard InChI is InChI=1S/C17H17BrN4O3/c1-10-4-12(9-24-2)13(7-19)17(21-10)22-20-8-11-5-14(18)16(23)15(6-11)25-3/h4-6,8,23H,9H2,1-3H3,(H,21,22)/b20-8-. The third-order valence-electron chi connectivity index (χ3n) is 3.30. The molecule has 0 atom stereocenters. The van der Waals surface area contributed by atoms with Gasteiger partial charge < -0.3 is 14.6 Å². The number of halogens is 1. The summed E-state index contributed by atoms with van der Waals surface area (Å²) in [6.45, 7) is 2.14. The van der Waals surface area contributed by atoms with Crippen LogP contribution in [0.15, 0.2) is 27.8 Å². The van der Waals surface area contributed by atoms with Crippen LogP contribution in [0.1, 0.15) is 22.4 Å². The molecule has 2 rings (SSSR count). The first-order valence-electron chi connectivity index (χ1n) is 7.25. The second-order valence-corrected chi connectivity index (χ2v) is 5.97. The van der Waals surface area contributed by atoms with Gasteiger partial charge in [-0.15, -0.1) is 0 Å². The highest BCUT2D eigenvalue weighted by Gasteiger charge is 2.11. The van der Waals surface area contributed by atoms with Crippen molar-refractivity contribution in [1.29, 1.82) is 5.26 Å². The Morgan fingerprint density at radius 2 is 2.16 bits per heavy atom. The molecule has 1 heterocycles. The molecule has 0 bridgehead atoms. The van der Waals surface area contributed by atoms with Gasteiger partial charge in [0.05, 0.1) is 24.4 Å². The molecule has 0 amide bonds. The van der Waals surface area contributed by atoms with Crippen molar-refractivity contribution in [2.45, 2.75) is 13.5 Å². The van der Waals surface area contributed by atoms with E-state index in [-0.39, 0.29) is 5.75 Å². The maximum absolute atomic E-state index is 9.82. The zero-order valence-corrected chi connectivity index (χ0v) is 15.6. The van der Waals surface area contributed by atoms with E-state index in [1.54, 1.807) is 25.3 Å². The van der Waals surface area contributed by atoms with E-state index in [2.05, 4.69) is 37.5 Å². The van der Waals surface area contributed by atoms with Gasteiger partial charge in [0.25, 0.3) is 0 Å². The van der Waals surface area contributed by atoms with E-state index in [0.29, 0.717) is 33.8 Å². The maximum atomic E-state index is 9.82. The number of nitriles is 1. The van der Waals surface area contributed by atoms with E-state index in [1.165, 1.54) is 13.3 Å². The van der Waals surface area contributed by atoms with Crippen molar-refractivity contribution in [1.82, 2.24) is 4.98 Å². The second kappa shape index (κ2) is 8.46. The molecular formula is C17H17BrN4O3. The summed E-state index contributed by atoms with van der Waals surface area (Å²) in [5, 5.41) is 23.3. The minimum atomic E-state index is 0.0175. The summed E-state index contributed by atoms with van der Waals surface area (Å²) in [4.78, 5) is 4.31. The van der Waals surface area contributed by atoms with Crippen molar-refractivity contribution in [2.75, 3.05) is 19.6 Å². The number of benzene rings is 1. The van der Waals surface area contributed by atoms with Crippen molar-refractivity contribution in [3.63, 3.8) is 0 Å². The molecule has 0 aliphatic heterocycles. The molecule has 1 aromatic carbocycles. The lowest BCUT2D eigenvalue weighted by molar-refractivity contribution is 0.184. The van der Waals surface area contributed by atoms with Crippen LogP contribution in [0.4, 0.5) is 5.82 Å². The van der Waals surface area contributed by atoms with Crippen LogP contribution < -0.4 is 10.2 Å². The predicted octanol–water partition coefficient (Wildman–Crippen LogP) is 3.33. The summed E-state index contributed by atoms with van der Waals surface area (Å²) in [5.74, 6) is 0.698. The van der Waals surface area contributed by atoms with E-state index >= 15 is 0 Å². The summed E-state index contributed by atoms with van der Waals surface area (Å²) in [7, 11) is 3.03. The number of hydrazone groups is 1. The van der Waals surface area contributed by atoms with Crippen molar-refractivity contribution >= 4 is 28.0 Å². The Morgan fingerprint density at radius 3 is 2.80 bits per heavy atom. The normalized spacial score (nSPS) is 10.7. The maximum Gasteiger partial charge on any atom is 0.172 e. The van der Waals surface area contributed by atoms with Crippen LogP contribution in [-0.2, 0) is 11.3 Å². The average molecular weight is 405 g/mol. The quantitative estimate of drug-likeness (QED) is 0.565. The van der Waals surface area contributed by atoms with Crippen LogP contribution in [0.25, 0.3) is 0 Å². The fourth-order valence-electron chi connectivity index (χ4n) is 2.21. The Balaban J connectivity index is 2.28. The molecule has 0 saturated carbocycles. The summed E-state index contributed by atoms with van der Waals surface area (Å²) in [6, 6.07) is 7.25. The Bertz CT molecular complexity index is 847. The van der Waals surface area contributed by atoms with Gasteiger partial charge >= 0.3 is 0 Å². The first kappa shape index (κ1) is 18.7. The van der Waals surface area contributed by atoms with E-state index < -0.39 is 0 Å². The highest BCUT2D eigenvalue weighted by molar-refractivity contribution is 9.10. The van der Waals surface area contributed by atoms with Gasteiger partial charge in [-0.25, -0.2) is 4.98 Å². The molecule has 0 aliphatic rings. The monoisotopic (exact) mass is 404 g/mol. The van der Waals surface area contributed by atoms with Crippen molar-refractivity contribution in [3.05, 3.63) is 45.1 Å². The van der Waals surface area contributed by atoms with Gasteiger partial charge in [-0.1, -0.05) is 0 Å². The van der Waals surface area contributed by atoms with Gasteiger partial charge in [0, 0.05) is 18.4 Å². The second-order valence-electron chi connectivity index (χ2n) is 5.11. The fourth-order valence-corrected chi connectivity index (χ4v) is 2.67. The van der Waals surface area contributed by atoms with Crippen molar-refractivity contribution in [2.24, 2.45) is 5.10 Å². The molecule has 0 aliphatic carbocycles. The Kier molecular flexibility index (Phi) is 6.33. The zero-order chi connectivity index (χ0) is 18.4. The molecular weight excluding hydrogens is 388 g/mol. The molecule has 7 nitrogen and oxygen atoms in total. The van der Waals surface area contributed by atoms with Gasteiger partial charge in [-0.05, 0) is 46.6 Å². The number of methoxy groups -OCH3 is 2. The number of pyridine rings is 1. The number of aryl methyl sites for hydroxylation is 1. The van der Waals surface area contributed by atoms with Crippen LogP contribution in [0.3, 0.4) is 0 Å². The van der Waals surface area contributed by atoms with Crippen molar-refractivity contribution in [3.8, 4) is 17.6 Å². The Hall–Kier alpha value is -2.63. The smallest absolute Gasteiger partial charge is 0.172 e. The highest BCUT2D eigenvalue weighted by Crippen LogP contribution is 2.34. The lowest BCUT2D eigenvalue weighted by Crippen LogP contribution is -2.03. The van der Waals surface area contributed by atoms with E-state index in [9.17, 15) is 10.4 Å². The summed E-state index contributed by atoms with van der Waals surface area (Å²) in [5.41, 5.74) is 5.35. The summed E-state index contributed by atoms with van der Waals surface area (Å²) in [6.07, 6.45) is 1.54. The van der Waals surface area contributed by atoms with Crippen LogP contribution in [0.2, 0.25) is 0 Å². The number of rotatable bonds is 6. The molecule has 130 valence electrons. The van der Waals surface area contributed by atoms with E-state index in [4.69, 9.17) is 9.47 Å². The predicted molar refractivity (Wildman–Crippen MR) is 98.0 cm³/mol. The van der Waals surface area contributed by atoms with Crippen LogP contribution in [0, 0.1) is 18.3 Å².